The summed E-state index contributed by atoms with van der Waals surface area (Å²) >= 11 is 0. The normalized spacial score (nSPS) is 13.1. The third-order valence-corrected chi connectivity index (χ3v) is 6.36. The zero-order valence-electron chi connectivity index (χ0n) is 13.7. The topological polar surface area (TPSA) is 27.7 Å². The summed E-state index contributed by atoms with van der Waals surface area (Å²) in [6, 6.07) is 9.10. The molecule has 0 aliphatic rings. The lowest BCUT2D eigenvalue weighted by Crippen LogP contribution is -2.46. The minimum atomic E-state index is -2.58. The van der Waals surface area contributed by atoms with Crippen molar-refractivity contribution in [1.29, 1.82) is 0 Å². The molecule has 0 heterocycles. The lowest BCUT2D eigenvalue weighted by atomic mass is 10.1. The largest absolute Gasteiger partial charge is 0.501 e. The SMILES string of the molecule is C=Cc1ccc(C(CC)O[Si](CC)(OCC)OCC)cc1. The van der Waals surface area contributed by atoms with Gasteiger partial charge in [0.25, 0.3) is 0 Å². The third kappa shape index (κ3) is 5.07. The Morgan fingerprint density at radius 1 is 1.05 bits per heavy atom. The number of rotatable bonds is 10. The van der Waals surface area contributed by atoms with Gasteiger partial charge in [-0.2, -0.15) is 0 Å². The highest BCUT2D eigenvalue weighted by Crippen LogP contribution is 2.29. The molecule has 4 heteroatoms. The monoisotopic (exact) mass is 308 g/mol. The molecule has 0 aromatic heterocycles. The highest BCUT2D eigenvalue weighted by Gasteiger charge is 2.41. The Hall–Kier alpha value is -0.943. The lowest BCUT2D eigenvalue weighted by Gasteiger charge is -2.32. The molecule has 0 aliphatic carbocycles. The molecule has 1 atom stereocenters. The van der Waals surface area contributed by atoms with E-state index in [4.69, 9.17) is 13.3 Å². The highest BCUT2D eigenvalue weighted by molar-refractivity contribution is 6.60. The second-order valence-corrected chi connectivity index (χ2v) is 7.67. The predicted molar refractivity (Wildman–Crippen MR) is 90.1 cm³/mol. The smallest absolute Gasteiger partial charge is 0.374 e. The molecule has 1 aromatic rings. The molecule has 0 radical (unpaired) electrons. The number of hydrogen-bond donors (Lipinski definition) is 0. The summed E-state index contributed by atoms with van der Waals surface area (Å²) in [6.45, 7) is 13.2. The van der Waals surface area contributed by atoms with Crippen molar-refractivity contribution in [3.8, 4) is 0 Å². The fourth-order valence-electron chi connectivity index (χ4n) is 2.29. The maximum atomic E-state index is 6.35. The Kier molecular flexibility index (Phi) is 7.89. The Morgan fingerprint density at radius 2 is 1.62 bits per heavy atom. The van der Waals surface area contributed by atoms with Crippen LogP contribution >= 0.6 is 0 Å². The number of benzene rings is 1. The van der Waals surface area contributed by atoms with E-state index in [2.05, 4.69) is 44.7 Å². The fraction of sp³-hybridized carbons (Fsp3) is 0.529. The lowest BCUT2D eigenvalue weighted by molar-refractivity contribution is 0.0310. The first-order valence-electron chi connectivity index (χ1n) is 7.82. The molecule has 0 bridgehead atoms. The maximum absolute atomic E-state index is 6.35. The van der Waals surface area contributed by atoms with Crippen LogP contribution in [0.1, 0.15) is 51.3 Å². The van der Waals surface area contributed by atoms with E-state index >= 15 is 0 Å². The van der Waals surface area contributed by atoms with Crippen LogP contribution in [0.15, 0.2) is 30.8 Å². The molecule has 1 rings (SSSR count). The average molecular weight is 308 g/mol. The molecule has 0 saturated carbocycles. The van der Waals surface area contributed by atoms with Crippen molar-refractivity contribution in [3.05, 3.63) is 42.0 Å². The van der Waals surface area contributed by atoms with E-state index in [-0.39, 0.29) is 6.10 Å². The van der Waals surface area contributed by atoms with E-state index < -0.39 is 8.80 Å². The summed E-state index contributed by atoms with van der Waals surface area (Å²) < 4.78 is 18.1. The molecule has 1 unspecified atom stereocenters. The highest BCUT2D eigenvalue weighted by atomic mass is 28.4. The molecule has 0 aliphatic heterocycles. The summed E-state index contributed by atoms with van der Waals surface area (Å²) in [6.07, 6.45) is 2.74. The minimum absolute atomic E-state index is 0.00795. The molecule has 0 amide bonds. The zero-order chi connectivity index (χ0) is 15.7. The first-order chi connectivity index (χ1) is 10.1. The average Bonchev–Trinajstić information content (AvgIpc) is 2.53. The van der Waals surface area contributed by atoms with Gasteiger partial charge in [0.1, 0.15) is 0 Å². The molecule has 0 saturated heterocycles. The first kappa shape index (κ1) is 18.1. The molecule has 3 nitrogen and oxygen atoms in total. The van der Waals surface area contributed by atoms with Crippen molar-refractivity contribution in [2.45, 2.75) is 46.3 Å². The van der Waals surface area contributed by atoms with Gasteiger partial charge in [-0.05, 0) is 31.4 Å². The third-order valence-electron chi connectivity index (χ3n) is 3.40. The Morgan fingerprint density at radius 3 is 2.00 bits per heavy atom. The van der Waals surface area contributed by atoms with Crippen molar-refractivity contribution in [3.63, 3.8) is 0 Å². The quantitative estimate of drug-likeness (QED) is 0.579. The van der Waals surface area contributed by atoms with Crippen molar-refractivity contribution in [2.24, 2.45) is 0 Å². The van der Waals surface area contributed by atoms with E-state index in [1.54, 1.807) is 0 Å². The predicted octanol–water partition coefficient (Wildman–Crippen LogP) is 4.83. The van der Waals surface area contributed by atoms with Gasteiger partial charge in [0, 0.05) is 19.3 Å². The molecule has 1 aromatic carbocycles. The second-order valence-electron chi connectivity index (χ2n) is 4.79. The Labute approximate surface area is 130 Å². The van der Waals surface area contributed by atoms with Crippen LogP contribution < -0.4 is 0 Å². The van der Waals surface area contributed by atoms with Gasteiger partial charge in [0.2, 0.25) is 0 Å². The van der Waals surface area contributed by atoms with Crippen molar-refractivity contribution in [1.82, 2.24) is 0 Å². The van der Waals surface area contributed by atoms with E-state index in [9.17, 15) is 0 Å². The molecule has 0 N–H and O–H groups in total. The van der Waals surface area contributed by atoms with E-state index in [1.807, 2.05) is 19.9 Å². The second kappa shape index (κ2) is 9.15. The van der Waals surface area contributed by atoms with Crippen LogP contribution in [-0.2, 0) is 13.3 Å². The summed E-state index contributed by atoms with van der Waals surface area (Å²) in [4.78, 5) is 0. The molecule has 21 heavy (non-hydrogen) atoms. The summed E-state index contributed by atoms with van der Waals surface area (Å²) in [7, 11) is -2.58. The first-order valence-corrected chi connectivity index (χ1v) is 9.75. The Bertz CT molecular complexity index is 411. The molecular formula is C17H28O3Si. The van der Waals surface area contributed by atoms with Crippen LogP contribution in [0.25, 0.3) is 6.08 Å². The summed E-state index contributed by atoms with van der Waals surface area (Å²) in [5.41, 5.74) is 2.27. The zero-order valence-corrected chi connectivity index (χ0v) is 14.7. The van der Waals surface area contributed by atoms with E-state index in [0.29, 0.717) is 13.2 Å². The van der Waals surface area contributed by atoms with E-state index in [0.717, 1.165) is 23.6 Å². The van der Waals surface area contributed by atoms with Crippen LogP contribution in [-0.4, -0.2) is 22.0 Å². The summed E-state index contributed by atoms with van der Waals surface area (Å²) in [5.74, 6) is 0. The van der Waals surface area contributed by atoms with Crippen LogP contribution in [0.2, 0.25) is 6.04 Å². The van der Waals surface area contributed by atoms with Crippen LogP contribution in [0.3, 0.4) is 0 Å². The molecular weight excluding hydrogens is 280 g/mol. The minimum Gasteiger partial charge on any atom is -0.374 e. The van der Waals surface area contributed by atoms with Crippen molar-refractivity contribution in [2.75, 3.05) is 13.2 Å². The molecule has 0 fully saturated rings. The summed E-state index contributed by atoms with van der Waals surface area (Å²) in [5, 5.41) is 0. The van der Waals surface area contributed by atoms with Gasteiger partial charge in [0.05, 0.1) is 6.10 Å². The van der Waals surface area contributed by atoms with Crippen LogP contribution in [0.4, 0.5) is 0 Å². The van der Waals surface area contributed by atoms with Crippen molar-refractivity contribution < 1.29 is 13.3 Å². The molecule has 0 spiro atoms. The van der Waals surface area contributed by atoms with Gasteiger partial charge in [-0.3, -0.25) is 0 Å². The van der Waals surface area contributed by atoms with Gasteiger partial charge in [-0.1, -0.05) is 50.8 Å². The van der Waals surface area contributed by atoms with Gasteiger partial charge in [-0.25, -0.2) is 0 Å². The van der Waals surface area contributed by atoms with Crippen molar-refractivity contribution >= 4 is 14.9 Å². The molecule has 118 valence electrons. The van der Waals surface area contributed by atoms with Gasteiger partial charge in [0.15, 0.2) is 0 Å². The van der Waals surface area contributed by atoms with Gasteiger partial charge < -0.3 is 13.3 Å². The van der Waals surface area contributed by atoms with Gasteiger partial charge in [-0.15, -0.1) is 0 Å². The maximum Gasteiger partial charge on any atom is 0.501 e. The fourth-order valence-corrected chi connectivity index (χ4v) is 4.70. The van der Waals surface area contributed by atoms with E-state index in [1.165, 1.54) is 0 Å². The van der Waals surface area contributed by atoms with Crippen LogP contribution in [0, 0.1) is 0 Å². The van der Waals surface area contributed by atoms with Crippen LogP contribution in [0.5, 0.6) is 0 Å². The number of hydrogen-bond acceptors (Lipinski definition) is 3. The standard InChI is InChI=1S/C17H28O3Si/c1-6-15-11-13-16(14-12-15)17(7-2)20-21(10-5,18-8-3)19-9-4/h6,11-14,17H,1,7-10H2,2-5H3. The Balaban J connectivity index is 2.92. The van der Waals surface area contributed by atoms with Gasteiger partial charge >= 0.3 is 8.80 Å².